The van der Waals surface area contributed by atoms with E-state index in [-0.39, 0.29) is 6.42 Å². The van der Waals surface area contributed by atoms with Crippen molar-refractivity contribution in [3.05, 3.63) is 11.6 Å². The van der Waals surface area contributed by atoms with Crippen molar-refractivity contribution in [1.82, 2.24) is 0 Å². The fourth-order valence-electron chi connectivity index (χ4n) is 3.20. The summed E-state index contributed by atoms with van der Waals surface area (Å²) < 4.78 is 0. The van der Waals surface area contributed by atoms with Crippen LogP contribution in [0, 0.1) is 5.92 Å². The predicted octanol–water partition coefficient (Wildman–Crippen LogP) is 6.59. The van der Waals surface area contributed by atoms with Crippen molar-refractivity contribution in [2.75, 3.05) is 0 Å². The van der Waals surface area contributed by atoms with Crippen molar-refractivity contribution in [2.45, 2.75) is 110 Å². The maximum Gasteiger partial charge on any atom is 0.317 e. The Kier molecular flexibility index (Phi) is 16.2. The Balaban J connectivity index is 3.98. The molecule has 0 radical (unpaired) electrons. The van der Waals surface area contributed by atoms with Gasteiger partial charge in [-0.1, -0.05) is 89.7 Å². The molecule has 0 aromatic rings. The highest BCUT2D eigenvalue weighted by molar-refractivity contribution is 5.92. The molecule has 0 atom stereocenters. The Morgan fingerprint density at radius 2 is 1.23 bits per heavy atom. The van der Waals surface area contributed by atoms with E-state index in [1.807, 2.05) is 0 Å². The second kappa shape index (κ2) is 17.1. The maximum atomic E-state index is 11.0. The Bertz CT molecular complexity index is 387. The SMILES string of the molecule is CCCC=C(CCCCCCCCCCCC)CCC(C(=O)O)C(=O)O. The molecular weight excluding hydrogens is 328 g/mol. The van der Waals surface area contributed by atoms with Gasteiger partial charge in [0.15, 0.2) is 5.92 Å². The topological polar surface area (TPSA) is 74.6 Å². The molecule has 0 saturated heterocycles. The highest BCUT2D eigenvalue weighted by atomic mass is 16.4. The van der Waals surface area contributed by atoms with Gasteiger partial charge in [-0.2, -0.15) is 0 Å². The molecule has 0 spiro atoms. The van der Waals surface area contributed by atoms with Crippen LogP contribution in [0.3, 0.4) is 0 Å². The fourth-order valence-corrected chi connectivity index (χ4v) is 3.20. The van der Waals surface area contributed by atoms with Gasteiger partial charge in [0, 0.05) is 0 Å². The summed E-state index contributed by atoms with van der Waals surface area (Å²) in [4.78, 5) is 22.0. The molecule has 4 heteroatoms. The first-order valence-corrected chi connectivity index (χ1v) is 10.7. The first-order valence-electron chi connectivity index (χ1n) is 10.7. The van der Waals surface area contributed by atoms with Gasteiger partial charge >= 0.3 is 11.9 Å². The van der Waals surface area contributed by atoms with Crippen molar-refractivity contribution in [3.8, 4) is 0 Å². The van der Waals surface area contributed by atoms with Crippen LogP contribution in [0.4, 0.5) is 0 Å². The molecule has 0 aliphatic carbocycles. The highest BCUT2D eigenvalue weighted by Crippen LogP contribution is 2.20. The van der Waals surface area contributed by atoms with Crippen LogP contribution < -0.4 is 0 Å². The van der Waals surface area contributed by atoms with E-state index in [4.69, 9.17) is 10.2 Å². The molecule has 0 aliphatic rings. The summed E-state index contributed by atoms with van der Waals surface area (Å²) in [5.41, 5.74) is 1.24. The summed E-state index contributed by atoms with van der Waals surface area (Å²) in [6.45, 7) is 4.36. The van der Waals surface area contributed by atoms with E-state index in [1.165, 1.54) is 63.4 Å². The summed E-state index contributed by atoms with van der Waals surface area (Å²) in [6, 6.07) is 0. The maximum absolute atomic E-state index is 11.0. The highest BCUT2D eigenvalue weighted by Gasteiger charge is 2.25. The first kappa shape index (κ1) is 24.7. The number of rotatable bonds is 18. The molecule has 0 aromatic carbocycles. The minimum absolute atomic E-state index is 0.192. The lowest BCUT2D eigenvalue weighted by Crippen LogP contribution is -2.23. The number of carboxylic acid groups (broad SMARTS) is 2. The number of carboxylic acids is 2. The van der Waals surface area contributed by atoms with Gasteiger partial charge in [0.1, 0.15) is 0 Å². The Hall–Kier alpha value is -1.32. The molecule has 0 saturated carbocycles. The Morgan fingerprint density at radius 3 is 1.69 bits per heavy atom. The van der Waals surface area contributed by atoms with Gasteiger partial charge < -0.3 is 10.2 Å². The van der Waals surface area contributed by atoms with Crippen molar-refractivity contribution in [2.24, 2.45) is 5.92 Å². The minimum atomic E-state index is -1.28. The average Bonchev–Trinajstić information content (AvgIpc) is 2.60. The van der Waals surface area contributed by atoms with E-state index in [0.29, 0.717) is 6.42 Å². The van der Waals surface area contributed by atoms with E-state index in [0.717, 1.165) is 25.7 Å². The molecule has 152 valence electrons. The van der Waals surface area contributed by atoms with Crippen LogP contribution in [-0.2, 0) is 9.59 Å². The van der Waals surface area contributed by atoms with E-state index in [1.54, 1.807) is 0 Å². The van der Waals surface area contributed by atoms with E-state index in [9.17, 15) is 9.59 Å². The molecule has 4 nitrogen and oxygen atoms in total. The lowest BCUT2D eigenvalue weighted by atomic mass is 9.95. The number of carbonyl (C=O) groups is 2. The molecule has 0 aliphatic heterocycles. The number of allylic oxidation sites excluding steroid dienone is 2. The fraction of sp³-hybridized carbons (Fsp3) is 0.818. The first-order chi connectivity index (χ1) is 12.5. The zero-order valence-corrected chi connectivity index (χ0v) is 17.0. The monoisotopic (exact) mass is 368 g/mol. The van der Waals surface area contributed by atoms with Crippen molar-refractivity contribution >= 4 is 11.9 Å². The molecule has 2 N–H and O–H groups in total. The third-order valence-corrected chi connectivity index (χ3v) is 4.92. The van der Waals surface area contributed by atoms with Gasteiger partial charge in [0.05, 0.1) is 0 Å². The van der Waals surface area contributed by atoms with Crippen molar-refractivity contribution in [3.63, 3.8) is 0 Å². The van der Waals surface area contributed by atoms with Crippen LogP contribution in [-0.4, -0.2) is 22.2 Å². The normalized spacial score (nSPS) is 11.9. The summed E-state index contributed by atoms with van der Waals surface area (Å²) >= 11 is 0. The largest absolute Gasteiger partial charge is 0.481 e. The van der Waals surface area contributed by atoms with Crippen LogP contribution in [0.1, 0.15) is 110 Å². The van der Waals surface area contributed by atoms with Gasteiger partial charge in [0.25, 0.3) is 0 Å². The summed E-state index contributed by atoms with van der Waals surface area (Å²) in [5, 5.41) is 18.0. The number of aliphatic carboxylic acids is 2. The van der Waals surface area contributed by atoms with Crippen LogP contribution in [0.25, 0.3) is 0 Å². The lowest BCUT2D eigenvalue weighted by molar-refractivity contribution is -0.154. The lowest BCUT2D eigenvalue weighted by Gasteiger charge is -2.11. The van der Waals surface area contributed by atoms with Crippen LogP contribution in [0.15, 0.2) is 11.6 Å². The third kappa shape index (κ3) is 13.9. The Morgan fingerprint density at radius 1 is 0.731 bits per heavy atom. The standard InChI is InChI=1S/C22H40O4/c1-3-5-7-8-9-10-11-12-13-14-16-19(15-6-4-2)17-18-20(21(23)24)22(25)26/h15,20H,3-14,16-18H2,1-2H3,(H,23,24)(H,25,26). The van der Waals surface area contributed by atoms with E-state index in [2.05, 4.69) is 19.9 Å². The van der Waals surface area contributed by atoms with Crippen LogP contribution in [0.5, 0.6) is 0 Å². The predicted molar refractivity (Wildman–Crippen MR) is 107 cm³/mol. The Labute approximate surface area is 160 Å². The zero-order valence-electron chi connectivity index (χ0n) is 17.0. The van der Waals surface area contributed by atoms with Crippen molar-refractivity contribution < 1.29 is 19.8 Å². The van der Waals surface area contributed by atoms with E-state index >= 15 is 0 Å². The number of unbranched alkanes of at least 4 members (excludes halogenated alkanes) is 10. The molecule has 0 bridgehead atoms. The number of hydrogen-bond donors (Lipinski definition) is 2. The van der Waals surface area contributed by atoms with E-state index < -0.39 is 17.9 Å². The molecule has 0 aromatic heterocycles. The second-order valence-electron chi connectivity index (χ2n) is 7.35. The molecule has 0 rings (SSSR count). The third-order valence-electron chi connectivity index (χ3n) is 4.92. The summed E-state index contributed by atoms with van der Waals surface area (Å²) in [6.07, 6.45) is 19.0. The zero-order chi connectivity index (χ0) is 19.6. The molecule has 0 fully saturated rings. The average molecular weight is 369 g/mol. The number of hydrogen-bond acceptors (Lipinski definition) is 2. The molecule has 0 heterocycles. The minimum Gasteiger partial charge on any atom is -0.481 e. The van der Waals surface area contributed by atoms with Gasteiger partial charge in [0.2, 0.25) is 0 Å². The smallest absolute Gasteiger partial charge is 0.317 e. The van der Waals surface area contributed by atoms with Gasteiger partial charge in [-0.3, -0.25) is 9.59 Å². The van der Waals surface area contributed by atoms with Gasteiger partial charge in [-0.25, -0.2) is 0 Å². The van der Waals surface area contributed by atoms with Crippen molar-refractivity contribution in [1.29, 1.82) is 0 Å². The molecule has 0 amide bonds. The quantitative estimate of drug-likeness (QED) is 0.162. The summed E-state index contributed by atoms with van der Waals surface area (Å²) in [5.74, 6) is -3.75. The molecule has 26 heavy (non-hydrogen) atoms. The van der Waals surface area contributed by atoms with Crippen LogP contribution in [0.2, 0.25) is 0 Å². The van der Waals surface area contributed by atoms with Gasteiger partial charge in [-0.15, -0.1) is 0 Å². The molecular formula is C22H40O4. The second-order valence-corrected chi connectivity index (χ2v) is 7.35. The summed E-state index contributed by atoms with van der Waals surface area (Å²) in [7, 11) is 0. The van der Waals surface area contributed by atoms with Crippen LogP contribution >= 0.6 is 0 Å². The molecule has 0 unspecified atom stereocenters. The van der Waals surface area contributed by atoms with Gasteiger partial charge in [-0.05, 0) is 32.1 Å².